The highest BCUT2D eigenvalue weighted by atomic mass is 19.1. The van der Waals surface area contributed by atoms with Crippen LogP contribution in [0.15, 0.2) is 12.1 Å². The molecule has 0 unspecified atom stereocenters. The van der Waals surface area contributed by atoms with Crippen LogP contribution in [0.1, 0.15) is 18.4 Å². The molecular formula is C15H16F2N2O7. The van der Waals surface area contributed by atoms with Crippen LogP contribution >= 0.6 is 0 Å². The van der Waals surface area contributed by atoms with Gasteiger partial charge in [-0.25, -0.2) is 8.78 Å². The Morgan fingerprint density at radius 3 is 1.96 bits per heavy atom. The predicted octanol–water partition coefficient (Wildman–Crippen LogP) is 1.25. The van der Waals surface area contributed by atoms with Crippen LogP contribution in [0.25, 0.3) is 0 Å². The normalized spacial score (nSPS) is 11.6. The van der Waals surface area contributed by atoms with Crippen molar-refractivity contribution < 1.29 is 37.6 Å². The zero-order valence-corrected chi connectivity index (χ0v) is 14.1. The standard InChI is InChI=1S/C15H16F2N2O7/c1-7(20)18-8-4-10(16)12(11(17)5-8)9(6-19(23)24)13(14(21)25-2)15(22)26-3/h4-5,9,13H,6H2,1-3H3,(H,18,20)/t9-/m0/s1. The molecule has 1 aromatic carbocycles. The molecule has 1 N–H and O–H groups in total. The molecule has 1 rings (SSSR count). The van der Waals surface area contributed by atoms with Crippen LogP contribution in [0.5, 0.6) is 0 Å². The summed E-state index contributed by atoms with van der Waals surface area (Å²) in [7, 11) is 1.82. The van der Waals surface area contributed by atoms with Gasteiger partial charge in [-0.05, 0) is 12.1 Å². The Bertz CT molecular complexity index is 700. The first-order valence-electron chi connectivity index (χ1n) is 7.16. The Balaban J connectivity index is 3.53. The van der Waals surface area contributed by atoms with Gasteiger partial charge < -0.3 is 14.8 Å². The lowest BCUT2D eigenvalue weighted by Gasteiger charge is -2.22. The lowest BCUT2D eigenvalue weighted by atomic mass is 9.85. The summed E-state index contributed by atoms with van der Waals surface area (Å²) in [4.78, 5) is 44.8. The molecule has 0 bridgehead atoms. The highest BCUT2D eigenvalue weighted by Crippen LogP contribution is 2.33. The number of nitro groups is 1. The third-order valence-corrected chi connectivity index (χ3v) is 3.43. The second kappa shape index (κ2) is 8.83. The number of rotatable bonds is 7. The molecule has 0 aliphatic rings. The molecule has 0 aliphatic heterocycles. The van der Waals surface area contributed by atoms with E-state index in [-0.39, 0.29) is 5.69 Å². The Morgan fingerprint density at radius 2 is 1.62 bits per heavy atom. The molecule has 0 saturated heterocycles. The minimum absolute atomic E-state index is 0.233. The van der Waals surface area contributed by atoms with Crippen LogP contribution in [0, 0.1) is 27.7 Å². The predicted molar refractivity (Wildman–Crippen MR) is 82.8 cm³/mol. The lowest BCUT2D eigenvalue weighted by molar-refractivity contribution is -0.484. The number of halogens is 2. The van der Waals surface area contributed by atoms with E-state index in [0.29, 0.717) is 0 Å². The first kappa shape index (κ1) is 20.9. The molecule has 0 aliphatic carbocycles. The van der Waals surface area contributed by atoms with Gasteiger partial charge in [0.1, 0.15) is 11.6 Å². The maximum atomic E-state index is 14.4. The number of methoxy groups -OCH3 is 2. The van der Waals surface area contributed by atoms with E-state index in [4.69, 9.17) is 0 Å². The second-order valence-corrected chi connectivity index (χ2v) is 5.18. The summed E-state index contributed by atoms with van der Waals surface area (Å²) in [6, 6.07) is 1.44. The van der Waals surface area contributed by atoms with Crippen molar-refractivity contribution >= 4 is 23.5 Å². The van der Waals surface area contributed by atoms with Crippen molar-refractivity contribution in [1.29, 1.82) is 0 Å². The Kier molecular flexibility index (Phi) is 7.11. The summed E-state index contributed by atoms with van der Waals surface area (Å²) in [6.45, 7) is -0.0218. The molecule has 0 aromatic heterocycles. The number of carbonyl (C=O) groups is 3. The van der Waals surface area contributed by atoms with E-state index in [2.05, 4.69) is 14.8 Å². The van der Waals surface area contributed by atoms with Crippen LogP contribution in [0.2, 0.25) is 0 Å². The van der Waals surface area contributed by atoms with Crippen LogP contribution in [0.4, 0.5) is 14.5 Å². The Labute approximate surface area is 146 Å². The summed E-state index contributed by atoms with van der Waals surface area (Å²) < 4.78 is 37.7. The van der Waals surface area contributed by atoms with E-state index < -0.39 is 58.3 Å². The number of benzene rings is 1. The Hall–Kier alpha value is -3.11. The SMILES string of the molecule is COC(=O)C(C(=O)OC)[C@@H](C[N+](=O)[O-])c1c(F)cc(NC(C)=O)cc1F. The highest BCUT2D eigenvalue weighted by molar-refractivity contribution is 5.96. The van der Waals surface area contributed by atoms with Gasteiger partial charge in [0.05, 0.1) is 20.1 Å². The van der Waals surface area contributed by atoms with Crippen molar-refractivity contribution in [3.05, 3.63) is 39.4 Å². The number of carbonyl (C=O) groups excluding carboxylic acids is 3. The molecule has 0 fully saturated rings. The number of amides is 1. The van der Waals surface area contributed by atoms with Gasteiger partial charge in [-0.3, -0.25) is 24.5 Å². The lowest BCUT2D eigenvalue weighted by Crippen LogP contribution is -2.36. The Morgan fingerprint density at radius 1 is 1.15 bits per heavy atom. The minimum Gasteiger partial charge on any atom is -0.468 e. The van der Waals surface area contributed by atoms with E-state index in [9.17, 15) is 33.3 Å². The van der Waals surface area contributed by atoms with Crippen LogP contribution in [-0.2, 0) is 23.9 Å². The summed E-state index contributed by atoms with van der Waals surface area (Å²) in [5.74, 6) is -9.42. The molecule has 0 radical (unpaired) electrons. The molecule has 11 heteroatoms. The molecule has 0 spiro atoms. The van der Waals surface area contributed by atoms with Gasteiger partial charge in [0.2, 0.25) is 12.5 Å². The molecule has 26 heavy (non-hydrogen) atoms. The van der Waals surface area contributed by atoms with E-state index in [1.807, 2.05) is 0 Å². The molecule has 1 amide bonds. The summed E-state index contributed by atoms with van der Waals surface area (Å²) in [5, 5.41) is 13.1. The summed E-state index contributed by atoms with van der Waals surface area (Å²) >= 11 is 0. The maximum Gasteiger partial charge on any atom is 0.320 e. The van der Waals surface area contributed by atoms with Gasteiger partial charge in [-0.15, -0.1) is 0 Å². The monoisotopic (exact) mass is 374 g/mol. The zero-order chi connectivity index (χ0) is 20.0. The number of hydrogen-bond donors (Lipinski definition) is 1. The van der Waals surface area contributed by atoms with E-state index in [0.717, 1.165) is 33.3 Å². The smallest absolute Gasteiger partial charge is 0.320 e. The zero-order valence-electron chi connectivity index (χ0n) is 14.1. The average molecular weight is 374 g/mol. The van der Waals surface area contributed by atoms with E-state index in [1.54, 1.807) is 0 Å². The summed E-state index contributed by atoms with van der Waals surface area (Å²) in [5.41, 5.74) is -1.10. The third kappa shape index (κ3) is 4.94. The largest absolute Gasteiger partial charge is 0.468 e. The highest BCUT2D eigenvalue weighted by Gasteiger charge is 2.43. The molecule has 142 valence electrons. The van der Waals surface area contributed by atoms with Crippen molar-refractivity contribution in [3.8, 4) is 0 Å². The number of anilines is 1. The number of hydrogen-bond acceptors (Lipinski definition) is 7. The molecule has 1 atom stereocenters. The summed E-state index contributed by atoms with van der Waals surface area (Å²) in [6.07, 6.45) is 0. The molecule has 0 heterocycles. The van der Waals surface area contributed by atoms with Gasteiger partial charge in [0.25, 0.3) is 0 Å². The first-order valence-corrected chi connectivity index (χ1v) is 7.16. The first-order chi connectivity index (χ1) is 12.1. The van der Waals surface area contributed by atoms with Crippen molar-refractivity contribution in [2.24, 2.45) is 5.92 Å². The van der Waals surface area contributed by atoms with Crippen molar-refractivity contribution in [3.63, 3.8) is 0 Å². The fraction of sp³-hybridized carbons (Fsp3) is 0.400. The van der Waals surface area contributed by atoms with Gasteiger partial charge in [0, 0.05) is 23.1 Å². The molecule has 9 nitrogen and oxygen atoms in total. The number of nitrogens with zero attached hydrogens (tertiary/aromatic N) is 1. The van der Waals surface area contributed by atoms with Crippen LogP contribution < -0.4 is 5.32 Å². The average Bonchev–Trinajstić information content (AvgIpc) is 2.52. The van der Waals surface area contributed by atoms with E-state index in [1.165, 1.54) is 0 Å². The van der Waals surface area contributed by atoms with Crippen molar-refractivity contribution in [2.75, 3.05) is 26.1 Å². The van der Waals surface area contributed by atoms with Crippen molar-refractivity contribution in [1.82, 2.24) is 0 Å². The second-order valence-electron chi connectivity index (χ2n) is 5.18. The minimum atomic E-state index is -1.95. The van der Waals surface area contributed by atoms with E-state index >= 15 is 0 Å². The van der Waals surface area contributed by atoms with Gasteiger partial charge >= 0.3 is 11.9 Å². The van der Waals surface area contributed by atoms with Gasteiger partial charge in [-0.2, -0.15) is 0 Å². The fourth-order valence-electron chi connectivity index (χ4n) is 2.42. The number of nitrogens with one attached hydrogen (secondary N) is 1. The molecular weight excluding hydrogens is 358 g/mol. The number of esters is 2. The third-order valence-electron chi connectivity index (χ3n) is 3.43. The van der Waals surface area contributed by atoms with Crippen molar-refractivity contribution in [2.45, 2.75) is 12.8 Å². The van der Waals surface area contributed by atoms with Gasteiger partial charge in [-0.1, -0.05) is 0 Å². The quantitative estimate of drug-likeness (QED) is 0.329. The van der Waals surface area contributed by atoms with Gasteiger partial charge in [0.15, 0.2) is 5.92 Å². The maximum absolute atomic E-state index is 14.4. The topological polar surface area (TPSA) is 125 Å². The van der Waals surface area contributed by atoms with Crippen LogP contribution in [0.3, 0.4) is 0 Å². The fourth-order valence-corrected chi connectivity index (χ4v) is 2.42. The van der Waals surface area contributed by atoms with Crippen LogP contribution in [-0.4, -0.2) is 43.5 Å². The number of ether oxygens (including phenoxy) is 2. The molecule has 1 aromatic rings. The molecule has 0 saturated carbocycles.